The highest BCUT2D eigenvalue weighted by Gasteiger charge is 2.25. The first kappa shape index (κ1) is 12.5. The zero-order valence-corrected chi connectivity index (χ0v) is 9.95. The van der Waals surface area contributed by atoms with Crippen molar-refractivity contribution in [2.75, 3.05) is 33.4 Å². The van der Waals surface area contributed by atoms with Gasteiger partial charge in [0.1, 0.15) is 0 Å². The van der Waals surface area contributed by atoms with Crippen molar-refractivity contribution >= 4 is 5.91 Å². The number of amides is 1. The molecule has 4 heteroatoms. The van der Waals surface area contributed by atoms with E-state index >= 15 is 0 Å². The lowest BCUT2D eigenvalue weighted by Crippen LogP contribution is -2.47. The molecule has 1 aliphatic heterocycles. The Labute approximate surface area is 92.0 Å². The van der Waals surface area contributed by atoms with E-state index in [-0.39, 0.29) is 11.9 Å². The molecule has 1 unspecified atom stereocenters. The van der Waals surface area contributed by atoms with Crippen molar-refractivity contribution in [1.82, 2.24) is 10.2 Å². The summed E-state index contributed by atoms with van der Waals surface area (Å²) in [5, 5.41) is 3.18. The third kappa shape index (κ3) is 3.47. The van der Waals surface area contributed by atoms with Gasteiger partial charge in [0.15, 0.2) is 0 Å². The van der Waals surface area contributed by atoms with Crippen LogP contribution in [-0.2, 0) is 9.53 Å². The van der Waals surface area contributed by atoms with E-state index in [9.17, 15) is 4.79 Å². The summed E-state index contributed by atoms with van der Waals surface area (Å²) in [5.74, 6) is 0.801. The van der Waals surface area contributed by atoms with Crippen molar-refractivity contribution in [2.24, 2.45) is 5.92 Å². The van der Waals surface area contributed by atoms with Crippen molar-refractivity contribution in [3.63, 3.8) is 0 Å². The van der Waals surface area contributed by atoms with Crippen LogP contribution in [0.2, 0.25) is 0 Å². The van der Waals surface area contributed by atoms with Crippen LogP contribution >= 0.6 is 0 Å². The van der Waals surface area contributed by atoms with E-state index < -0.39 is 0 Å². The van der Waals surface area contributed by atoms with Crippen molar-refractivity contribution in [2.45, 2.75) is 26.3 Å². The zero-order valence-electron chi connectivity index (χ0n) is 9.95. The number of likely N-dealkylation sites (N-methyl/N-ethyl adjacent to an activating group) is 1. The van der Waals surface area contributed by atoms with Crippen LogP contribution in [0.15, 0.2) is 0 Å². The number of carbonyl (C=O) groups excluding carboxylic acids is 1. The fourth-order valence-corrected chi connectivity index (χ4v) is 1.92. The van der Waals surface area contributed by atoms with Gasteiger partial charge in [0.25, 0.3) is 0 Å². The first-order valence-electron chi connectivity index (χ1n) is 5.68. The van der Waals surface area contributed by atoms with Gasteiger partial charge < -0.3 is 15.0 Å². The molecular formula is C11H22N2O2. The monoisotopic (exact) mass is 214 g/mol. The van der Waals surface area contributed by atoms with Crippen molar-refractivity contribution in [1.29, 1.82) is 0 Å². The molecular weight excluding hydrogens is 192 g/mol. The molecule has 1 rings (SSSR count). The molecule has 0 aliphatic carbocycles. The Hall–Kier alpha value is -0.610. The molecule has 0 aromatic heterocycles. The molecule has 15 heavy (non-hydrogen) atoms. The Kier molecular flexibility index (Phi) is 5.05. The number of nitrogens with one attached hydrogen (secondary N) is 1. The van der Waals surface area contributed by atoms with E-state index in [1.165, 1.54) is 0 Å². The minimum absolute atomic E-state index is 0.181. The highest BCUT2D eigenvalue weighted by Crippen LogP contribution is 2.12. The second-order valence-electron chi connectivity index (χ2n) is 4.21. The number of ether oxygens (including phenoxy) is 1. The van der Waals surface area contributed by atoms with Crippen LogP contribution in [0.4, 0.5) is 0 Å². The SMILES string of the molecule is CCN(C(=O)CC1CNC1)C(C)COC. The van der Waals surface area contributed by atoms with Crippen LogP contribution < -0.4 is 5.32 Å². The third-order valence-corrected chi connectivity index (χ3v) is 2.93. The number of rotatable bonds is 6. The second kappa shape index (κ2) is 6.08. The van der Waals surface area contributed by atoms with Gasteiger partial charge in [-0.05, 0) is 32.9 Å². The molecule has 4 nitrogen and oxygen atoms in total. The molecule has 1 fully saturated rings. The Morgan fingerprint density at radius 1 is 1.60 bits per heavy atom. The molecule has 1 N–H and O–H groups in total. The van der Waals surface area contributed by atoms with Crippen molar-refractivity contribution < 1.29 is 9.53 Å². The average Bonchev–Trinajstić information content (AvgIpc) is 2.13. The summed E-state index contributed by atoms with van der Waals surface area (Å²) in [6.07, 6.45) is 0.675. The van der Waals surface area contributed by atoms with Gasteiger partial charge in [0.05, 0.1) is 12.6 Å². The largest absolute Gasteiger partial charge is 0.383 e. The fraction of sp³-hybridized carbons (Fsp3) is 0.909. The molecule has 0 bridgehead atoms. The van der Waals surface area contributed by atoms with Gasteiger partial charge in [-0.2, -0.15) is 0 Å². The summed E-state index contributed by atoms with van der Waals surface area (Å²) in [6, 6.07) is 0.181. The lowest BCUT2D eigenvalue weighted by Gasteiger charge is -2.32. The number of nitrogens with zero attached hydrogens (tertiary/aromatic N) is 1. The molecule has 0 spiro atoms. The Balaban J connectivity index is 2.37. The first-order chi connectivity index (χ1) is 7.19. The Bertz CT molecular complexity index is 205. The summed E-state index contributed by atoms with van der Waals surface area (Å²) < 4.78 is 5.08. The van der Waals surface area contributed by atoms with E-state index in [0.29, 0.717) is 18.9 Å². The number of methoxy groups -OCH3 is 1. The standard InChI is InChI=1S/C11H22N2O2/c1-4-13(9(2)8-15-3)11(14)5-10-6-12-7-10/h9-10,12H,4-8H2,1-3H3. The van der Waals surface area contributed by atoms with E-state index in [2.05, 4.69) is 5.32 Å². The van der Waals surface area contributed by atoms with E-state index in [0.717, 1.165) is 19.6 Å². The van der Waals surface area contributed by atoms with Crippen molar-refractivity contribution in [3.8, 4) is 0 Å². The second-order valence-corrected chi connectivity index (χ2v) is 4.21. The van der Waals surface area contributed by atoms with E-state index in [1.54, 1.807) is 7.11 Å². The molecule has 1 saturated heterocycles. The molecule has 0 saturated carbocycles. The lowest BCUT2D eigenvalue weighted by atomic mass is 9.98. The fourth-order valence-electron chi connectivity index (χ4n) is 1.92. The minimum atomic E-state index is 0.181. The molecule has 88 valence electrons. The normalized spacial score (nSPS) is 18.3. The van der Waals surface area contributed by atoms with Gasteiger partial charge in [-0.15, -0.1) is 0 Å². The molecule has 0 aromatic carbocycles. The molecule has 0 aromatic rings. The minimum Gasteiger partial charge on any atom is -0.383 e. The number of hydrogen-bond acceptors (Lipinski definition) is 3. The molecule has 1 heterocycles. The van der Waals surface area contributed by atoms with Gasteiger partial charge in [0, 0.05) is 20.1 Å². The maximum Gasteiger partial charge on any atom is 0.223 e. The summed E-state index contributed by atoms with van der Waals surface area (Å²) in [7, 11) is 1.67. The zero-order chi connectivity index (χ0) is 11.3. The van der Waals surface area contributed by atoms with E-state index in [4.69, 9.17) is 4.74 Å². The van der Waals surface area contributed by atoms with Crippen LogP contribution in [0, 0.1) is 5.92 Å². The van der Waals surface area contributed by atoms with Crippen LogP contribution in [0.5, 0.6) is 0 Å². The third-order valence-electron chi connectivity index (χ3n) is 2.93. The van der Waals surface area contributed by atoms with Gasteiger partial charge in [-0.25, -0.2) is 0 Å². The van der Waals surface area contributed by atoms with Crippen molar-refractivity contribution in [3.05, 3.63) is 0 Å². The summed E-state index contributed by atoms with van der Waals surface area (Å²) in [5.41, 5.74) is 0. The maximum absolute atomic E-state index is 11.9. The van der Waals surface area contributed by atoms with Gasteiger partial charge >= 0.3 is 0 Å². The summed E-state index contributed by atoms with van der Waals surface area (Å²) >= 11 is 0. The average molecular weight is 214 g/mol. The topological polar surface area (TPSA) is 41.6 Å². The maximum atomic E-state index is 11.9. The predicted molar refractivity (Wildman–Crippen MR) is 59.7 cm³/mol. The lowest BCUT2D eigenvalue weighted by molar-refractivity contribution is -0.135. The summed E-state index contributed by atoms with van der Waals surface area (Å²) in [4.78, 5) is 13.8. The van der Waals surface area contributed by atoms with Crippen LogP contribution in [0.25, 0.3) is 0 Å². The van der Waals surface area contributed by atoms with Gasteiger partial charge in [-0.1, -0.05) is 0 Å². The summed E-state index contributed by atoms with van der Waals surface area (Å²) in [6.45, 7) is 7.41. The Morgan fingerprint density at radius 2 is 2.27 bits per heavy atom. The number of carbonyl (C=O) groups is 1. The van der Waals surface area contributed by atoms with Gasteiger partial charge in [0.2, 0.25) is 5.91 Å². The highest BCUT2D eigenvalue weighted by atomic mass is 16.5. The van der Waals surface area contributed by atoms with Crippen LogP contribution in [0.3, 0.4) is 0 Å². The number of hydrogen-bond donors (Lipinski definition) is 1. The quantitative estimate of drug-likeness (QED) is 0.699. The predicted octanol–water partition coefficient (Wildman–Crippen LogP) is 0.479. The molecule has 0 radical (unpaired) electrons. The van der Waals surface area contributed by atoms with E-state index in [1.807, 2.05) is 18.7 Å². The highest BCUT2D eigenvalue weighted by molar-refractivity contribution is 5.76. The first-order valence-corrected chi connectivity index (χ1v) is 5.68. The molecule has 1 amide bonds. The smallest absolute Gasteiger partial charge is 0.223 e. The molecule has 1 aliphatic rings. The molecule has 1 atom stereocenters. The van der Waals surface area contributed by atoms with Crippen LogP contribution in [-0.4, -0.2) is 50.2 Å². The van der Waals surface area contributed by atoms with Gasteiger partial charge in [-0.3, -0.25) is 4.79 Å². The van der Waals surface area contributed by atoms with Crippen LogP contribution in [0.1, 0.15) is 20.3 Å². The Morgan fingerprint density at radius 3 is 2.67 bits per heavy atom.